The van der Waals surface area contributed by atoms with Crippen molar-refractivity contribution in [1.82, 2.24) is 19.5 Å². The van der Waals surface area contributed by atoms with Crippen LogP contribution in [-0.2, 0) is 14.3 Å². The molecule has 0 aromatic carbocycles. The van der Waals surface area contributed by atoms with Crippen molar-refractivity contribution < 1.29 is 24.5 Å². The van der Waals surface area contributed by atoms with Crippen LogP contribution in [0.1, 0.15) is 51.7 Å². The van der Waals surface area contributed by atoms with Crippen LogP contribution in [0.15, 0.2) is 12.7 Å². The molecule has 10 nitrogen and oxygen atoms in total. The summed E-state index contributed by atoms with van der Waals surface area (Å²) in [5, 5.41) is 21.5. The lowest BCUT2D eigenvalue weighted by Gasteiger charge is -2.30. The average Bonchev–Trinajstić information content (AvgIpc) is 3.42. The molecule has 2 aliphatic rings. The monoisotopic (exact) mass is 405 g/mol. The molecule has 2 fully saturated rings. The summed E-state index contributed by atoms with van der Waals surface area (Å²) in [5.74, 6) is 0.00121. The summed E-state index contributed by atoms with van der Waals surface area (Å²) in [6, 6.07) is 0. The number of aliphatic hydroxyl groups is 2. The number of nitrogen functional groups attached to an aromatic ring is 1. The Hall–Kier alpha value is -2.30. The molecule has 1 aliphatic carbocycles. The van der Waals surface area contributed by atoms with E-state index >= 15 is 0 Å². The molecule has 4 N–H and O–H groups in total. The maximum atomic E-state index is 12.2. The fourth-order valence-corrected chi connectivity index (χ4v) is 4.38. The molecule has 4 rings (SSSR count). The molecule has 29 heavy (non-hydrogen) atoms. The highest BCUT2D eigenvalue weighted by molar-refractivity contribution is 5.81. The molecule has 0 bridgehead atoms. The molecule has 0 radical (unpaired) electrons. The average molecular weight is 405 g/mol. The minimum Gasteiger partial charge on any atom is -0.459 e. The fraction of sp³-hybridized carbons (Fsp3) is 0.684. The lowest BCUT2D eigenvalue weighted by atomic mass is 9.92. The van der Waals surface area contributed by atoms with Gasteiger partial charge in [0.1, 0.15) is 36.3 Å². The Morgan fingerprint density at radius 2 is 2.07 bits per heavy atom. The van der Waals surface area contributed by atoms with Gasteiger partial charge in [0.2, 0.25) is 0 Å². The van der Waals surface area contributed by atoms with Crippen molar-refractivity contribution in [3.8, 4) is 0 Å². The van der Waals surface area contributed by atoms with Crippen LogP contribution in [0, 0.1) is 5.92 Å². The van der Waals surface area contributed by atoms with E-state index in [9.17, 15) is 15.0 Å². The number of fused-ring (bicyclic) bond motifs is 1. The van der Waals surface area contributed by atoms with Gasteiger partial charge < -0.3 is 25.4 Å². The number of carbonyl (C=O) groups is 1. The molecule has 3 heterocycles. The molecule has 0 amide bonds. The molecule has 158 valence electrons. The first-order valence-corrected chi connectivity index (χ1v) is 10.1. The predicted octanol–water partition coefficient (Wildman–Crippen LogP) is 0.930. The van der Waals surface area contributed by atoms with Gasteiger partial charge in [0.25, 0.3) is 0 Å². The Kier molecular flexibility index (Phi) is 5.66. The Morgan fingerprint density at radius 3 is 2.79 bits per heavy atom. The predicted molar refractivity (Wildman–Crippen MR) is 102 cm³/mol. The third-order valence-corrected chi connectivity index (χ3v) is 5.85. The summed E-state index contributed by atoms with van der Waals surface area (Å²) in [6.07, 6.45) is 2.81. The second-order valence-corrected chi connectivity index (χ2v) is 7.80. The normalized spacial score (nSPS) is 28.8. The minimum atomic E-state index is -1.23. The topological polar surface area (TPSA) is 146 Å². The van der Waals surface area contributed by atoms with Gasteiger partial charge in [0, 0.05) is 6.42 Å². The number of aromatic nitrogens is 4. The van der Waals surface area contributed by atoms with Crippen LogP contribution in [0.2, 0.25) is 0 Å². The van der Waals surface area contributed by atoms with Gasteiger partial charge in [-0.3, -0.25) is 9.36 Å². The smallest absolute Gasteiger partial charge is 0.306 e. The summed E-state index contributed by atoms with van der Waals surface area (Å²) in [5.41, 5.74) is 6.62. The number of esters is 1. The minimum absolute atomic E-state index is 0.0962. The highest BCUT2D eigenvalue weighted by Gasteiger charge is 2.51. The van der Waals surface area contributed by atoms with Crippen LogP contribution in [0.3, 0.4) is 0 Å². The fourth-order valence-electron chi connectivity index (χ4n) is 4.38. The highest BCUT2D eigenvalue weighted by atomic mass is 16.6. The van der Waals surface area contributed by atoms with Crippen LogP contribution in [0.5, 0.6) is 0 Å². The van der Waals surface area contributed by atoms with E-state index in [-0.39, 0.29) is 17.7 Å². The molecular weight excluding hydrogens is 378 g/mol. The number of hydrogen-bond acceptors (Lipinski definition) is 9. The molecule has 0 spiro atoms. The molecular formula is C19H27N5O5. The molecule has 2 aromatic heterocycles. The Bertz CT molecular complexity index is 868. The highest BCUT2D eigenvalue weighted by Crippen LogP contribution is 2.39. The molecule has 1 unspecified atom stereocenters. The third-order valence-electron chi connectivity index (χ3n) is 5.85. The molecule has 5 atom stereocenters. The first-order chi connectivity index (χ1) is 14.0. The lowest BCUT2D eigenvalue weighted by Crippen LogP contribution is -2.44. The van der Waals surface area contributed by atoms with E-state index in [1.165, 1.54) is 17.2 Å². The first kappa shape index (κ1) is 20.0. The van der Waals surface area contributed by atoms with Gasteiger partial charge in [0.05, 0.1) is 6.33 Å². The Morgan fingerprint density at radius 1 is 1.31 bits per heavy atom. The number of aliphatic hydroxyl groups excluding tert-OH is 2. The van der Waals surface area contributed by atoms with Crippen LogP contribution < -0.4 is 5.73 Å². The van der Waals surface area contributed by atoms with Crippen molar-refractivity contribution in [2.45, 2.75) is 76.1 Å². The summed E-state index contributed by atoms with van der Waals surface area (Å²) in [4.78, 5) is 24.5. The van der Waals surface area contributed by atoms with E-state index in [1.54, 1.807) is 0 Å². The zero-order valence-electron chi connectivity index (χ0n) is 16.3. The zero-order valence-corrected chi connectivity index (χ0v) is 16.3. The van der Waals surface area contributed by atoms with Crippen molar-refractivity contribution in [3.05, 3.63) is 12.7 Å². The van der Waals surface area contributed by atoms with Gasteiger partial charge in [0.15, 0.2) is 17.7 Å². The van der Waals surface area contributed by atoms with Gasteiger partial charge in [-0.05, 0) is 25.2 Å². The molecule has 10 heteroatoms. The Balaban J connectivity index is 1.61. The van der Waals surface area contributed by atoms with Gasteiger partial charge in [-0.15, -0.1) is 0 Å². The number of ether oxygens (including phenoxy) is 2. The number of anilines is 1. The van der Waals surface area contributed by atoms with Crippen molar-refractivity contribution in [1.29, 1.82) is 0 Å². The van der Waals surface area contributed by atoms with Crippen molar-refractivity contribution >= 4 is 23.0 Å². The van der Waals surface area contributed by atoms with Crippen molar-refractivity contribution in [2.24, 2.45) is 5.92 Å². The van der Waals surface area contributed by atoms with Crippen LogP contribution in [0.4, 0.5) is 5.82 Å². The van der Waals surface area contributed by atoms with Crippen LogP contribution >= 0.6 is 0 Å². The van der Waals surface area contributed by atoms with E-state index in [0.29, 0.717) is 24.0 Å². The largest absolute Gasteiger partial charge is 0.459 e. The first-order valence-electron chi connectivity index (χ1n) is 10.1. The summed E-state index contributed by atoms with van der Waals surface area (Å²) in [7, 11) is 0. The SMILES string of the molecule is CCCC(=O)OC(C1CCCC1)[C@H]1O[C@@H](n2cnc3c(N)ncnc32)[C@H](O)[C@@H]1O. The molecule has 1 saturated heterocycles. The second-order valence-electron chi connectivity index (χ2n) is 7.80. The maximum Gasteiger partial charge on any atom is 0.306 e. The maximum absolute atomic E-state index is 12.2. The van der Waals surface area contributed by atoms with E-state index in [1.807, 2.05) is 6.92 Å². The van der Waals surface area contributed by atoms with Gasteiger partial charge >= 0.3 is 5.97 Å². The van der Waals surface area contributed by atoms with Crippen molar-refractivity contribution in [3.63, 3.8) is 0 Å². The molecule has 2 aromatic rings. The number of hydrogen-bond donors (Lipinski definition) is 3. The van der Waals surface area contributed by atoms with E-state index in [2.05, 4.69) is 15.0 Å². The van der Waals surface area contributed by atoms with Gasteiger partial charge in [-0.25, -0.2) is 15.0 Å². The van der Waals surface area contributed by atoms with E-state index in [4.69, 9.17) is 15.2 Å². The second kappa shape index (κ2) is 8.21. The van der Waals surface area contributed by atoms with E-state index in [0.717, 1.165) is 25.7 Å². The lowest BCUT2D eigenvalue weighted by molar-refractivity contribution is -0.168. The van der Waals surface area contributed by atoms with Crippen LogP contribution in [-0.4, -0.2) is 60.1 Å². The number of carbonyl (C=O) groups excluding carboxylic acids is 1. The standard InChI is InChI=1S/C19H27N5O5/c1-2-5-11(25)28-15(10-6-3-4-7-10)16-13(26)14(27)19(29-16)24-9-23-12-17(20)21-8-22-18(12)24/h8-10,13-16,19,26-27H,2-7H2,1H3,(H2,20,21,22)/t13-,14+,15?,16-,19+/m0/s1. The molecule has 1 aliphatic heterocycles. The molecule has 1 saturated carbocycles. The number of nitrogens with zero attached hydrogens (tertiary/aromatic N) is 4. The number of nitrogens with two attached hydrogens (primary N) is 1. The summed E-state index contributed by atoms with van der Waals surface area (Å²) < 4.78 is 13.3. The summed E-state index contributed by atoms with van der Waals surface area (Å²) >= 11 is 0. The Labute approximate surface area is 168 Å². The third kappa shape index (κ3) is 3.67. The zero-order chi connectivity index (χ0) is 20.5. The number of rotatable bonds is 6. The number of imidazole rings is 1. The van der Waals surface area contributed by atoms with E-state index < -0.39 is 30.6 Å². The van der Waals surface area contributed by atoms with Gasteiger partial charge in [-0.2, -0.15) is 0 Å². The van der Waals surface area contributed by atoms with Gasteiger partial charge in [-0.1, -0.05) is 19.8 Å². The van der Waals surface area contributed by atoms with Crippen LogP contribution in [0.25, 0.3) is 11.2 Å². The van der Waals surface area contributed by atoms with Crippen molar-refractivity contribution in [2.75, 3.05) is 5.73 Å². The summed E-state index contributed by atoms with van der Waals surface area (Å²) in [6.45, 7) is 1.91. The quantitative estimate of drug-likeness (QED) is 0.597.